The molecule has 12 aromatic rings. The summed E-state index contributed by atoms with van der Waals surface area (Å²) in [6, 6.07) is 0. The number of rotatable bonds is 17. The number of halogens is 9. The quantitative estimate of drug-likeness (QED) is 0.0402. The average molecular weight is 1790 g/mol. The van der Waals surface area contributed by atoms with Gasteiger partial charge in [0.1, 0.15) is 146 Å². The Balaban J connectivity index is 0.000000130. The summed E-state index contributed by atoms with van der Waals surface area (Å²) in [5.41, 5.74) is -2.49. The molecule has 126 heavy (non-hydrogen) atoms. The van der Waals surface area contributed by atoms with E-state index in [1.807, 2.05) is 0 Å². The van der Waals surface area contributed by atoms with Crippen molar-refractivity contribution in [1.29, 1.82) is 0 Å². The van der Waals surface area contributed by atoms with Crippen LogP contribution in [0.2, 0.25) is 0 Å². The van der Waals surface area contributed by atoms with E-state index in [0.29, 0.717) is 91.5 Å². The summed E-state index contributed by atoms with van der Waals surface area (Å²) >= 11 is 0. The van der Waals surface area contributed by atoms with Crippen molar-refractivity contribution < 1.29 is 134 Å². The van der Waals surface area contributed by atoms with E-state index in [4.69, 9.17) is 33.5 Å². The molecule has 23 atom stereocenters. The number of hydrogen-bond donors (Lipinski definition) is 13. The minimum atomic E-state index is -3.26. The fourth-order valence-corrected chi connectivity index (χ4v) is 15.3. The second-order valence-corrected chi connectivity index (χ2v) is 30.7. The maximum Gasteiger partial charge on any atom is 0.272 e. The molecule has 682 valence electrons. The summed E-state index contributed by atoms with van der Waals surface area (Å²) < 4.78 is 166. The number of fused-ring (bicyclic) bond motifs is 6. The Bertz CT molecular complexity index is 5530. The highest BCUT2D eigenvalue weighted by Crippen LogP contribution is 2.49. The van der Waals surface area contributed by atoms with Crippen molar-refractivity contribution in [2.75, 3.05) is 52.9 Å². The highest BCUT2D eigenvalue weighted by molar-refractivity contribution is 5.48. The molecular weight excluding hydrogens is 1700 g/mol. The SMILES string of the molecule is C=C[C@]1(CO)O[C@@H](c2cnc3c(C)ncnn23)[C@H](F)[C@@H]1O.CC[C@]1(CO)O[C@@H](c2cnc3c(C)ncnn23)[C@H](F)[C@@H]1O.Cc1ncnn2c([C@@H]3OC(CO)(CO)[C@@H](O)[C@H]3F)cnc12.Cc1ncnn2c([C@@H]3O[C@@](CO)(C(F)F)[C@@H](O)[C@H]3F)cnc12.Cc1ncnn2c([C@@H]3O[C@@](CO)(CF)[C@@H](O)[C@H]3F)cnc12.Cc1ncnn2c([C@@H]3O[C@](C)(CO)[C@@H](O)[C@H]3F)cnc12. The van der Waals surface area contributed by atoms with Gasteiger partial charge < -0.3 is 94.8 Å². The maximum absolute atomic E-state index is 14.5. The van der Waals surface area contributed by atoms with E-state index in [1.165, 1.54) is 115 Å². The Morgan fingerprint density at radius 3 is 0.841 bits per heavy atom. The molecule has 6 aliphatic heterocycles. The molecule has 6 saturated heterocycles. The van der Waals surface area contributed by atoms with Crippen LogP contribution in [0.5, 0.6) is 0 Å². The number of aryl methyl sites for hydroxylation is 6. The van der Waals surface area contributed by atoms with Crippen LogP contribution in [0.3, 0.4) is 0 Å². The normalized spacial score (nSPS) is 32.2. The number of alkyl halides is 9. The van der Waals surface area contributed by atoms with Gasteiger partial charge in [0.25, 0.3) is 6.43 Å². The van der Waals surface area contributed by atoms with Gasteiger partial charge >= 0.3 is 0 Å². The van der Waals surface area contributed by atoms with Gasteiger partial charge in [0.05, 0.1) is 152 Å². The second kappa shape index (κ2) is 36.8. The van der Waals surface area contributed by atoms with Crippen molar-refractivity contribution in [3.8, 4) is 0 Å². The first-order valence-corrected chi connectivity index (χ1v) is 38.7. The fraction of sp³-hybridized carbons (Fsp3) is 0.568. The smallest absolute Gasteiger partial charge is 0.272 e. The van der Waals surface area contributed by atoms with Crippen molar-refractivity contribution in [2.24, 2.45) is 0 Å². The molecule has 6 aliphatic rings. The number of aliphatic hydroxyl groups is 13. The lowest BCUT2D eigenvalue weighted by molar-refractivity contribution is -0.186. The third kappa shape index (κ3) is 15.8. The molecule has 0 unspecified atom stereocenters. The van der Waals surface area contributed by atoms with E-state index in [-0.39, 0.29) is 17.1 Å². The van der Waals surface area contributed by atoms with Crippen molar-refractivity contribution in [1.82, 2.24) is 117 Å². The Hall–Kier alpha value is -10.4. The molecule has 0 saturated carbocycles. The molecule has 0 radical (unpaired) electrons. The van der Waals surface area contributed by atoms with E-state index < -0.39 is 203 Å². The highest BCUT2D eigenvalue weighted by Gasteiger charge is 2.63. The molecule has 0 spiro atoms. The highest BCUT2D eigenvalue weighted by atomic mass is 19.3. The summed E-state index contributed by atoms with van der Waals surface area (Å²) in [7, 11) is 0. The van der Waals surface area contributed by atoms with Gasteiger partial charge in [-0.2, -0.15) is 30.6 Å². The van der Waals surface area contributed by atoms with Gasteiger partial charge in [-0.15, -0.1) is 6.58 Å². The van der Waals surface area contributed by atoms with Crippen molar-refractivity contribution in [3.05, 3.63) is 156 Å². The number of hydrogen-bond acceptors (Lipinski definition) is 37. The number of aliphatic hydroxyl groups excluding tert-OH is 13. The lowest BCUT2D eigenvalue weighted by Crippen LogP contribution is -2.51. The van der Waals surface area contributed by atoms with Crippen LogP contribution in [0.25, 0.3) is 33.9 Å². The molecule has 12 aromatic heterocycles. The lowest BCUT2D eigenvalue weighted by atomic mass is 9.93. The summed E-state index contributed by atoms with van der Waals surface area (Å²) in [6.07, 6.45) is -13.6. The summed E-state index contributed by atoms with van der Waals surface area (Å²) in [6.45, 7) is 11.0. The summed E-state index contributed by atoms with van der Waals surface area (Å²) in [5.74, 6) is 0. The largest absolute Gasteiger partial charge is 0.393 e. The van der Waals surface area contributed by atoms with Crippen molar-refractivity contribution in [2.45, 2.75) is 212 Å². The molecule has 18 heterocycles. The van der Waals surface area contributed by atoms with E-state index in [9.17, 15) is 101 Å². The van der Waals surface area contributed by atoms with Crippen LogP contribution in [-0.4, -0.2) is 350 Å². The Labute approximate surface area is 704 Å². The van der Waals surface area contributed by atoms with E-state index in [0.717, 1.165) is 0 Å². The first-order valence-electron chi connectivity index (χ1n) is 38.7. The lowest BCUT2D eigenvalue weighted by Gasteiger charge is -2.28. The van der Waals surface area contributed by atoms with Gasteiger partial charge in [-0.05, 0) is 54.9 Å². The third-order valence-corrected chi connectivity index (χ3v) is 23.2. The number of nitrogens with zero attached hydrogens (tertiary/aromatic N) is 24. The third-order valence-electron chi connectivity index (χ3n) is 23.2. The van der Waals surface area contributed by atoms with Crippen LogP contribution < -0.4 is 0 Å². The summed E-state index contributed by atoms with van der Waals surface area (Å²) in [5, 5.41) is 149. The number of aromatic nitrogens is 24. The van der Waals surface area contributed by atoms with E-state index >= 15 is 0 Å². The zero-order chi connectivity index (χ0) is 91.4. The molecule has 6 fully saturated rings. The monoisotopic (exact) mass is 1790 g/mol. The summed E-state index contributed by atoms with van der Waals surface area (Å²) in [4.78, 5) is 48.5. The first-order chi connectivity index (χ1) is 60.0. The zero-order valence-electron chi connectivity index (χ0n) is 67.9. The minimum Gasteiger partial charge on any atom is -0.393 e. The maximum atomic E-state index is 14.5. The van der Waals surface area contributed by atoms with Crippen LogP contribution in [0.1, 0.15) is 125 Å². The molecule has 0 aromatic carbocycles. The van der Waals surface area contributed by atoms with Gasteiger partial charge in [-0.1, -0.05) is 13.0 Å². The molecule has 43 nitrogen and oxygen atoms in total. The van der Waals surface area contributed by atoms with Crippen molar-refractivity contribution >= 4 is 33.9 Å². The Morgan fingerprint density at radius 2 is 0.611 bits per heavy atom. The van der Waals surface area contributed by atoms with Crippen LogP contribution in [0, 0.1) is 41.5 Å². The molecule has 0 bridgehead atoms. The van der Waals surface area contributed by atoms with Crippen LogP contribution in [-0.2, 0) is 28.4 Å². The molecular formula is C74H89F9N24O19. The minimum absolute atomic E-state index is 0.0584. The fourth-order valence-electron chi connectivity index (χ4n) is 15.3. The molecule has 0 aliphatic carbocycles. The van der Waals surface area contributed by atoms with Gasteiger partial charge in [-0.3, -0.25) is 0 Å². The topological polar surface area (TPSA) is 577 Å². The van der Waals surface area contributed by atoms with Crippen molar-refractivity contribution in [3.63, 3.8) is 0 Å². The van der Waals surface area contributed by atoms with Crippen LogP contribution in [0.4, 0.5) is 39.5 Å². The predicted molar refractivity (Wildman–Crippen MR) is 406 cm³/mol. The standard InChI is InChI=1S/C13H17FN4O3.C13H15FN4O3.C12H13F3N4O3.C12H14F2N4O3.C12H15FN4O4.C12H15FN4O3/c2*1-3-13(5-19)11(20)9(14)10(21-13)8-4-15-12-7(2)16-6-17-18(8)12;1-5-10-16-2-6(19(10)18-4-17-5)8-7(13)9(21)12(3-20,22-8)11(14)15;1-6-11-15-2-7(18(11)17-5-16-6)9-8(14)10(20)12(3-13,4-19)21-9;1-6-11-14-2-7(17(11)16-5-15-6)9-8(13)10(20)12(3-18,4-19)21-9;1-6-11-14-3-7(17(11)16-5-15-6)9-8(13)10(19)12(2,4-18)20-9/h4,6,9-11,19-20H,3,5H2,1-2H3;3-4,6,9-11,19-20H,1,5H2,2H3;2,4,7-9,11,20-21H,3H2,1H3;2,5,8-10,19-20H,3-4H2,1H3;2,5,8-10,18-20H,3-4H2,1H3;3,5,8-10,18-19H,4H2,1-2H3/t2*9-,10-,11-,13+;7-,8-,9-,12+;8-,9-,10-,12+;8-,9-,10-;8-,9-,10-,12+/m000000/s1. The first kappa shape index (κ1) is 93.3. The number of ether oxygens (including phenoxy) is 6. The molecule has 52 heteroatoms. The Kier molecular flexibility index (Phi) is 27.2. The second-order valence-electron chi connectivity index (χ2n) is 30.7. The van der Waals surface area contributed by atoms with Gasteiger partial charge in [0.2, 0.25) is 0 Å². The average Bonchev–Trinajstić information content (AvgIpc) is 1.62. The van der Waals surface area contributed by atoms with E-state index in [2.05, 4.69) is 97.0 Å². The van der Waals surface area contributed by atoms with Crippen LogP contribution in [0.15, 0.2) is 87.8 Å². The van der Waals surface area contributed by atoms with Gasteiger partial charge in [-0.25, -0.2) is 126 Å². The number of imidazole rings is 6. The predicted octanol–water partition coefficient (Wildman–Crippen LogP) is -0.552. The Morgan fingerprint density at radius 1 is 0.349 bits per heavy atom. The molecule has 18 rings (SSSR count). The molecule has 0 amide bonds. The zero-order valence-corrected chi connectivity index (χ0v) is 67.9. The van der Waals surface area contributed by atoms with Gasteiger partial charge in [0.15, 0.2) is 76.5 Å². The molecule has 13 N–H and O–H groups in total. The van der Waals surface area contributed by atoms with Crippen LogP contribution >= 0.6 is 0 Å². The van der Waals surface area contributed by atoms with E-state index in [1.54, 1.807) is 48.5 Å². The van der Waals surface area contributed by atoms with Gasteiger partial charge in [0, 0.05) is 0 Å².